The SMILES string of the molecule is CCOC(=O)c1oc2ccc(S(=O)(=O)NCCNC)cc2c1C. The molecule has 23 heavy (non-hydrogen) atoms. The first-order valence-corrected chi connectivity index (χ1v) is 8.73. The molecule has 1 heterocycles. The molecule has 0 amide bonds. The Morgan fingerprint density at radius 1 is 1.30 bits per heavy atom. The van der Waals surface area contributed by atoms with Gasteiger partial charge in [0.2, 0.25) is 15.8 Å². The van der Waals surface area contributed by atoms with Gasteiger partial charge in [0.25, 0.3) is 0 Å². The molecule has 0 fully saturated rings. The molecular formula is C15H20N2O5S. The van der Waals surface area contributed by atoms with Crippen LogP contribution in [0, 0.1) is 6.92 Å². The summed E-state index contributed by atoms with van der Waals surface area (Å²) in [5.74, 6) is -0.461. The van der Waals surface area contributed by atoms with Crippen LogP contribution in [-0.2, 0) is 14.8 Å². The second-order valence-electron chi connectivity index (χ2n) is 4.94. The fraction of sp³-hybridized carbons (Fsp3) is 0.400. The first-order chi connectivity index (χ1) is 10.9. The third kappa shape index (κ3) is 3.72. The summed E-state index contributed by atoms with van der Waals surface area (Å²) in [6, 6.07) is 4.48. The average molecular weight is 340 g/mol. The van der Waals surface area contributed by atoms with Gasteiger partial charge >= 0.3 is 5.97 Å². The van der Waals surface area contributed by atoms with Gasteiger partial charge in [-0.3, -0.25) is 0 Å². The Morgan fingerprint density at radius 2 is 2.04 bits per heavy atom. The summed E-state index contributed by atoms with van der Waals surface area (Å²) < 4.78 is 37.4. The number of sulfonamides is 1. The summed E-state index contributed by atoms with van der Waals surface area (Å²) in [4.78, 5) is 12.0. The van der Waals surface area contributed by atoms with Crippen LogP contribution in [0.3, 0.4) is 0 Å². The van der Waals surface area contributed by atoms with E-state index in [1.165, 1.54) is 18.2 Å². The fourth-order valence-electron chi connectivity index (χ4n) is 2.15. The minimum absolute atomic E-state index is 0.0968. The lowest BCUT2D eigenvalue weighted by Crippen LogP contribution is -2.30. The van der Waals surface area contributed by atoms with E-state index in [-0.39, 0.29) is 23.8 Å². The second kappa shape index (κ2) is 7.12. The number of likely N-dealkylation sites (N-methyl/N-ethyl adjacent to an activating group) is 1. The number of aryl methyl sites for hydroxylation is 1. The maximum absolute atomic E-state index is 12.2. The third-order valence-corrected chi connectivity index (χ3v) is 4.80. The lowest BCUT2D eigenvalue weighted by atomic mass is 10.1. The van der Waals surface area contributed by atoms with E-state index < -0.39 is 16.0 Å². The zero-order valence-corrected chi connectivity index (χ0v) is 14.1. The summed E-state index contributed by atoms with van der Waals surface area (Å²) in [6.07, 6.45) is 0. The normalized spacial score (nSPS) is 11.8. The van der Waals surface area contributed by atoms with E-state index in [9.17, 15) is 13.2 Å². The molecular weight excluding hydrogens is 320 g/mol. The number of esters is 1. The van der Waals surface area contributed by atoms with Gasteiger partial charge in [0.1, 0.15) is 5.58 Å². The number of hydrogen-bond acceptors (Lipinski definition) is 6. The number of fused-ring (bicyclic) bond motifs is 1. The first kappa shape index (κ1) is 17.5. The predicted octanol–water partition coefficient (Wildman–Crippen LogP) is 1.42. The number of hydrogen-bond donors (Lipinski definition) is 2. The standard InChI is InChI=1S/C15H20N2O5S/c1-4-21-15(18)14-10(2)12-9-11(5-6-13(12)22-14)23(19,20)17-8-7-16-3/h5-6,9,16-17H,4,7-8H2,1-3H3. The Bertz CT molecular complexity index is 811. The van der Waals surface area contributed by atoms with Crippen molar-refractivity contribution < 1.29 is 22.4 Å². The molecule has 2 N–H and O–H groups in total. The number of ether oxygens (including phenoxy) is 1. The molecule has 126 valence electrons. The molecule has 0 unspecified atom stereocenters. The Kier molecular flexibility index (Phi) is 5.40. The van der Waals surface area contributed by atoms with Gasteiger partial charge in [-0.2, -0.15) is 0 Å². The van der Waals surface area contributed by atoms with Crippen molar-refractivity contribution in [2.45, 2.75) is 18.7 Å². The van der Waals surface area contributed by atoms with Gasteiger partial charge in [-0.1, -0.05) is 0 Å². The van der Waals surface area contributed by atoms with Crippen LogP contribution in [-0.4, -0.2) is 41.1 Å². The van der Waals surface area contributed by atoms with Gasteiger partial charge in [0.15, 0.2) is 0 Å². The summed E-state index contributed by atoms with van der Waals surface area (Å²) >= 11 is 0. The number of rotatable bonds is 7. The van der Waals surface area contributed by atoms with Crippen LogP contribution in [0.4, 0.5) is 0 Å². The number of benzene rings is 1. The molecule has 0 saturated heterocycles. The molecule has 2 aromatic rings. The van der Waals surface area contributed by atoms with Crippen molar-refractivity contribution in [3.05, 3.63) is 29.5 Å². The van der Waals surface area contributed by atoms with Crippen LogP contribution in [0.5, 0.6) is 0 Å². The van der Waals surface area contributed by atoms with Crippen LogP contribution in [0.1, 0.15) is 23.0 Å². The molecule has 0 spiro atoms. The van der Waals surface area contributed by atoms with E-state index in [2.05, 4.69) is 10.0 Å². The molecule has 0 aliphatic heterocycles. The van der Waals surface area contributed by atoms with Crippen molar-refractivity contribution >= 4 is 27.0 Å². The van der Waals surface area contributed by atoms with Crippen molar-refractivity contribution in [3.8, 4) is 0 Å². The van der Waals surface area contributed by atoms with Gasteiger partial charge in [-0.05, 0) is 39.1 Å². The lowest BCUT2D eigenvalue weighted by molar-refractivity contribution is 0.0491. The summed E-state index contributed by atoms with van der Waals surface area (Å²) in [5, 5.41) is 3.44. The third-order valence-electron chi connectivity index (χ3n) is 3.35. The summed E-state index contributed by atoms with van der Waals surface area (Å²) in [5.41, 5.74) is 1.01. The first-order valence-electron chi connectivity index (χ1n) is 7.25. The minimum Gasteiger partial charge on any atom is -0.460 e. The second-order valence-corrected chi connectivity index (χ2v) is 6.70. The molecule has 2 rings (SSSR count). The molecule has 0 atom stereocenters. The van der Waals surface area contributed by atoms with Gasteiger partial charge in [-0.25, -0.2) is 17.9 Å². The Hall–Kier alpha value is -1.90. The average Bonchev–Trinajstić information content (AvgIpc) is 2.84. The van der Waals surface area contributed by atoms with Crippen molar-refractivity contribution in [1.29, 1.82) is 0 Å². The van der Waals surface area contributed by atoms with Gasteiger partial charge < -0.3 is 14.5 Å². The summed E-state index contributed by atoms with van der Waals surface area (Å²) in [7, 11) is -1.87. The van der Waals surface area contributed by atoms with Crippen LogP contribution in [0.25, 0.3) is 11.0 Å². The highest BCUT2D eigenvalue weighted by Gasteiger charge is 2.21. The largest absolute Gasteiger partial charge is 0.460 e. The Balaban J connectivity index is 2.39. The number of furan rings is 1. The highest BCUT2D eigenvalue weighted by Crippen LogP contribution is 2.28. The zero-order valence-electron chi connectivity index (χ0n) is 13.3. The number of nitrogens with one attached hydrogen (secondary N) is 2. The smallest absolute Gasteiger partial charge is 0.374 e. The highest BCUT2D eigenvalue weighted by molar-refractivity contribution is 7.89. The molecule has 0 aliphatic carbocycles. The molecule has 8 heteroatoms. The van der Waals surface area contributed by atoms with Crippen LogP contribution < -0.4 is 10.0 Å². The summed E-state index contributed by atoms with van der Waals surface area (Å²) in [6.45, 7) is 4.46. The maximum atomic E-state index is 12.2. The van der Waals surface area contributed by atoms with Gasteiger partial charge in [0.05, 0.1) is 11.5 Å². The van der Waals surface area contributed by atoms with Crippen molar-refractivity contribution in [3.63, 3.8) is 0 Å². The molecule has 7 nitrogen and oxygen atoms in total. The molecule has 0 bridgehead atoms. The predicted molar refractivity (Wildman–Crippen MR) is 86.0 cm³/mol. The topological polar surface area (TPSA) is 97.6 Å². The Labute approximate surface area is 135 Å². The Morgan fingerprint density at radius 3 is 2.70 bits per heavy atom. The number of carbonyl (C=O) groups excluding carboxylic acids is 1. The quantitative estimate of drug-likeness (QED) is 0.584. The maximum Gasteiger partial charge on any atom is 0.374 e. The van der Waals surface area contributed by atoms with Crippen molar-refractivity contribution in [1.82, 2.24) is 10.0 Å². The molecule has 0 radical (unpaired) electrons. The molecule has 1 aromatic carbocycles. The fourth-order valence-corrected chi connectivity index (χ4v) is 3.21. The van der Waals surface area contributed by atoms with E-state index in [0.29, 0.717) is 23.1 Å². The van der Waals surface area contributed by atoms with E-state index in [4.69, 9.17) is 9.15 Å². The van der Waals surface area contributed by atoms with E-state index >= 15 is 0 Å². The molecule has 1 aromatic heterocycles. The zero-order chi connectivity index (χ0) is 17.0. The van der Waals surface area contributed by atoms with Crippen molar-refractivity contribution in [2.24, 2.45) is 0 Å². The van der Waals surface area contributed by atoms with E-state index in [0.717, 1.165) is 0 Å². The lowest BCUT2D eigenvalue weighted by Gasteiger charge is -2.06. The van der Waals surface area contributed by atoms with E-state index in [1.54, 1.807) is 20.9 Å². The van der Waals surface area contributed by atoms with E-state index in [1.807, 2.05) is 0 Å². The highest BCUT2D eigenvalue weighted by atomic mass is 32.2. The minimum atomic E-state index is -3.61. The van der Waals surface area contributed by atoms with Crippen LogP contribution in [0.2, 0.25) is 0 Å². The van der Waals surface area contributed by atoms with Gasteiger partial charge in [-0.15, -0.1) is 0 Å². The monoisotopic (exact) mass is 340 g/mol. The van der Waals surface area contributed by atoms with Gasteiger partial charge in [0, 0.05) is 24.0 Å². The molecule has 0 aliphatic rings. The molecule has 0 saturated carbocycles. The number of carbonyl (C=O) groups is 1. The van der Waals surface area contributed by atoms with Crippen LogP contribution >= 0.6 is 0 Å². The van der Waals surface area contributed by atoms with Crippen molar-refractivity contribution in [2.75, 3.05) is 26.7 Å². The van der Waals surface area contributed by atoms with Crippen LogP contribution in [0.15, 0.2) is 27.5 Å².